The Morgan fingerprint density at radius 3 is 2.97 bits per heavy atom. The number of nitrogens with one attached hydrogen (secondary N) is 2. The van der Waals surface area contributed by atoms with Crippen LogP contribution in [0.15, 0.2) is 48.8 Å². The number of halogens is 1. The van der Waals surface area contributed by atoms with Crippen LogP contribution in [0.3, 0.4) is 0 Å². The number of nitrogens with zero attached hydrogens (tertiary/aromatic N) is 2. The fourth-order valence-corrected chi connectivity index (χ4v) is 3.85. The summed E-state index contributed by atoms with van der Waals surface area (Å²) < 4.78 is 30.7. The summed E-state index contributed by atoms with van der Waals surface area (Å²) in [6.07, 6.45) is 3.51. The molecule has 0 fully saturated rings. The Labute approximate surface area is 199 Å². The Morgan fingerprint density at radius 2 is 2.09 bits per heavy atom. The van der Waals surface area contributed by atoms with Crippen LogP contribution >= 0.6 is 0 Å². The quantitative estimate of drug-likeness (QED) is 0.296. The van der Waals surface area contributed by atoms with Gasteiger partial charge in [-0.15, -0.1) is 0 Å². The summed E-state index contributed by atoms with van der Waals surface area (Å²) in [5.74, 6) is 0.991. The van der Waals surface area contributed by atoms with Gasteiger partial charge < -0.3 is 29.6 Å². The minimum absolute atomic E-state index is 0.0522. The number of fused-ring (bicyclic) bond motifs is 2. The predicted octanol–water partition coefficient (Wildman–Crippen LogP) is 3.68. The van der Waals surface area contributed by atoms with Crippen LogP contribution in [-0.4, -0.2) is 46.0 Å². The molecule has 9 nitrogen and oxygen atoms in total. The van der Waals surface area contributed by atoms with Crippen molar-refractivity contribution in [1.29, 1.82) is 0 Å². The molecule has 180 valence electrons. The minimum Gasteiger partial charge on any atom is -0.494 e. The molecule has 0 bridgehead atoms. The summed E-state index contributed by atoms with van der Waals surface area (Å²) in [6.45, 7) is 1.47. The molecule has 0 radical (unpaired) electrons. The monoisotopic (exact) mass is 478 g/mol. The van der Waals surface area contributed by atoms with Gasteiger partial charge in [0.15, 0.2) is 23.1 Å². The van der Waals surface area contributed by atoms with E-state index in [1.807, 2.05) is 24.3 Å². The van der Waals surface area contributed by atoms with Crippen molar-refractivity contribution in [2.45, 2.75) is 19.4 Å². The zero-order valence-electron chi connectivity index (χ0n) is 18.7. The molecule has 0 amide bonds. The van der Waals surface area contributed by atoms with Crippen molar-refractivity contribution in [3.63, 3.8) is 0 Å². The molecule has 1 aliphatic heterocycles. The molecule has 10 heteroatoms. The van der Waals surface area contributed by atoms with Crippen molar-refractivity contribution in [3.8, 4) is 28.6 Å². The highest BCUT2D eigenvalue weighted by Crippen LogP contribution is 2.35. The van der Waals surface area contributed by atoms with Crippen molar-refractivity contribution >= 4 is 16.9 Å². The lowest BCUT2D eigenvalue weighted by Gasteiger charge is -2.09. The molecule has 1 aliphatic rings. The van der Waals surface area contributed by atoms with Crippen LogP contribution in [-0.2, 0) is 17.8 Å². The van der Waals surface area contributed by atoms with Gasteiger partial charge in [-0.25, -0.2) is 14.4 Å². The van der Waals surface area contributed by atoms with E-state index in [-0.39, 0.29) is 25.5 Å². The van der Waals surface area contributed by atoms with Gasteiger partial charge in [-0.3, -0.25) is 4.79 Å². The molecule has 2 aromatic carbocycles. The molecule has 0 spiro atoms. The number of carboxylic acid groups (broad SMARTS) is 1. The van der Waals surface area contributed by atoms with E-state index in [2.05, 4.69) is 20.3 Å². The van der Waals surface area contributed by atoms with Gasteiger partial charge in [-0.2, -0.15) is 0 Å². The highest BCUT2D eigenvalue weighted by Gasteiger charge is 2.16. The van der Waals surface area contributed by atoms with Crippen LogP contribution in [0.4, 0.5) is 4.39 Å². The van der Waals surface area contributed by atoms with Gasteiger partial charge in [0.25, 0.3) is 0 Å². The lowest BCUT2D eigenvalue weighted by Crippen LogP contribution is -2.19. The van der Waals surface area contributed by atoms with Crippen molar-refractivity contribution in [1.82, 2.24) is 20.3 Å². The molecule has 0 saturated heterocycles. The number of carbonyl (C=O) groups is 1. The van der Waals surface area contributed by atoms with Gasteiger partial charge in [-0.05, 0) is 54.9 Å². The molecule has 0 saturated carbocycles. The van der Waals surface area contributed by atoms with Crippen molar-refractivity contribution < 1.29 is 28.5 Å². The highest BCUT2D eigenvalue weighted by molar-refractivity contribution is 5.88. The van der Waals surface area contributed by atoms with Gasteiger partial charge in [0.05, 0.1) is 24.9 Å². The van der Waals surface area contributed by atoms with Gasteiger partial charge in [0.1, 0.15) is 5.75 Å². The number of H-pyrrole nitrogens is 1. The van der Waals surface area contributed by atoms with Gasteiger partial charge >= 0.3 is 5.97 Å². The molecule has 3 heterocycles. The lowest BCUT2D eigenvalue weighted by atomic mass is 10.1. The number of hydrogen-bond acceptors (Lipinski definition) is 7. The highest BCUT2D eigenvalue weighted by atomic mass is 19.1. The SMILES string of the molecule is O=C(O)Cc1c[nH]c2ccc(OCCCNCc3nc(-c4ccc5c(c4)OCO5)ncc3F)cc12. The predicted molar refractivity (Wildman–Crippen MR) is 125 cm³/mol. The molecule has 5 rings (SSSR count). The van der Waals surface area contributed by atoms with E-state index >= 15 is 0 Å². The molecule has 3 N–H and O–H groups in total. The van der Waals surface area contributed by atoms with Gasteiger partial charge in [-0.1, -0.05) is 0 Å². The summed E-state index contributed by atoms with van der Waals surface area (Å²) in [7, 11) is 0. The first-order valence-corrected chi connectivity index (χ1v) is 11.1. The van der Waals surface area contributed by atoms with Crippen molar-refractivity contribution in [3.05, 3.63) is 65.9 Å². The number of carboxylic acids is 1. The van der Waals surface area contributed by atoms with Crippen LogP contribution in [0.1, 0.15) is 17.7 Å². The second-order valence-electron chi connectivity index (χ2n) is 8.03. The molecule has 0 aliphatic carbocycles. The smallest absolute Gasteiger partial charge is 0.307 e. The summed E-state index contributed by atoms with van der Waals surface area (Å²) in [6, 6.07) is 10.9. The maximum Gasteiger partial charge on any atom is 0.307 e. The number of aromatic nitrogens is 3. The van der Waals surface area contributed by atoms with Crippen molar-refractivity contribution in [2.24, 2.45) is 0 Å². The number of hydrogen-bond donors (Lipinski definition) is 3. The molecular weight excluding hydrogens is 455 g/mol. The van der Waals surface area contributed by atoms with Crippen LogP contribution in [0.5, 0.6) is 17.2 Å². The van der Waals surface area contributed by atoms with Gasteiger partial charge in [0.2, 0.25) is 6.79 Å². The Hall–Kier alpha value is -4.18. The van der Waals surface area contributed by atoms with E-state index in [9.17, 15) is 9.18 Å². The fraction of sp³-hybridized carbons (Fsp3) is 0.240. The molecular formula is C25H23FN4O5. The van der Waals surface area contributed by atoms with E-state index in [0.717, 1.165) is 16.5 Å². The number of rotatable bonds is 10. The third kappa shape index (κ3) is 5.17. The van der Waals surface area contributed by atoms with Crippen molar-refractivity contribution in [2.75, 3.05) is 19.9 Å². The summed E-state index contributed by atoms with van der Waals surface area (Å²) in [4.78, 5) is 22.6. The van der Waals surface area contributed by atoms with E-state index in [1.165, 1.54) is 6.20 Å². The Kier molecular flexibility index (Phi) is 6.44. The average Bonchev–Trinajstić information content (AvgIpc) is 3.48. The third-order valence-corrected chi connectivity index (χ3v) is 5.59. The number of aliphatic carboxylic acids is 1. The Balaban J connectivity index is 1.12. The number of ether oxygens (including phenoxy) is 3. The maximum atomic E-state index is 14.2. The largest absolute Gasteiger partial charge is 0.494 e. The summed E-state index contributed by atoms with van der Waals surface area (Å²) in [5.41, 5.74) is 2.57. The minimum atomic E-state index is -0.883. The van der Waals surface area contributed by atoms with E-state index in [4.69, 9.17) is 19.3 Å². The van der Waals surface area contributed by atoms with Crippen LogP contribution in [0.2, 0.25) is 0 Å². The molecule has 35 heavy (non-hydrogen) atoms. The Morgan fingerprint density at radius 1 is 1.20 bits per heavy atom. The third-order valence-electron chi connectivity index (χ3n) is 5.59. The maximum absolute atomic E-state index is 14.2. The normalized spacial score (nSPS) is 12.3. The standard InChI is InChI=1S/C25H23FN4O5/c26-19-12-29-25(15-2-5-22-23(8-15)35-14-34-22)30-21(19)13-27-6-1-7-33-17-3-4-20-18(10-17)16(11-28-20)9-24(31)32/h2-5,8,10-12,27-28H,1,6-7,9,13-14H2,(H,31,32). The molecule has 0 atom stereocenters. The first-order chi connectivity index (χ1) is 17.1. The Bertz CT molecular complexity index is 1370. The van der Waals surface area contributed by atoms with Crippen LogP contribution in [0, 0.1) is 5.82 Å². The lowest BCUT2D eigenvalue weighted by molar-refractivity contribution is -0.136. The average molecular weight is 478 g/mol. The molecule has 4 aromatic rings. The van der Waals surface area contributed by atoms with Crippen LogP contribution < -0.4 is 19.5 Å². The second kappa shape index (κ2) is 9.98. The number of benzene rings is 2. The first kappa shape index (κ1) is 22.6. The number of aromatic amines is 1. The van der Waals surface area contributed by atoms with E-state index in [0.29, 0.717) is 48.2 Å². The van der Waals surface area contributed by atoms with Gasteiger partial charge in [0, 0.05) is 29.2 Å². The topological polar surface area (TPSA) is 119 Å². The first-order valence-electron chi connectivity index (χ1n) is 11.1. The fourth-order valence-electron chi connectivity index (χ4n) is 3.85. The second-order valence-corrected chi connectivity index (χ2v) is 8.03. The molecule has 0 unspecified atom stereocenters. The summed E-state index contributed by atoms with van der Waals surface area (Å²) in [5, 5.41) is 13.1. The molecule has 2 aromatic heterocycles. The van der Waals surface area contributed by atoms with Crippen LogP contribution in [0.25, 0.3) is 22.3 Å². The van der Waals surface area contributed by atoms with E-state index in [1.54, 1.807) is 18.3 Å². The summed E-state index contributed by atoms with van der Waals surface area (Å²) >= 11 is 0. The zero-order chi connectivity index (χ0) is 24.2. The van der Waals surface area contributed by atoms with E-state index < -0.39 is 11.8 Å². The zero-order valence-corrected chi connectivity index (χ0v) is 18.7.